The fourth-order valence-electron chi connectivity index (χ4n) is 2.76. The molecule has 0 aliphatic carbocycles. The highest BCUT2D eigenvalue weighted by Gasteiger charge is 2.23. The van der Waals surface area contributed by atoms with Crippen LogP contribution in [0.25, 0.3) is 5.52 Å². The summed E-state index contributed by atoms with van der Waals surface area (Å²) in [5.41, 5.74) is 7.44. The Morgan fingerprint density at radius 2 is 2.50 bits per heavy atom. The number of fused-ring (bicyclic) bond motifs is 1. The minimum atomic E-state index is -0.453. The van der Waals surface area contributed by atoms with Crippen LogP contribution < -0.4 is 11.1 Å². The van der Waals surface area contributed by atoms with Crippen LogP contribution in [0.3, 0.4) is 0 Å². The number of imidazole rings is 1. The van der Waals surface area contributed by atoms with Gasteiger partial charge in [0.05, 0.1) is 12.8 Å². The lowest BCUT2D eigenvalue weighted by Crippen LogP contribution is -2.24. The maximum Gasteiger partial charge on any atom is 0.359 e. The Bertz CT molecular complexity index is 644. The fourth-order valence-corrected chi connectivity index (χ4v) is 2.76. The van der Waals surface area contributed by atoms with Crippen LogP contribution >= 0.6 is 0 Å². The number of carbonyl (C=O) groups is 1. The number of hydrogen-bond donors (Lipinski definition) is 2. The summed E-state index contributed by atoms with van der Waals surface area (Å²) in [6, 6.07) is 4.03. The lowest BCUT2D eigenvalue weighted by atomic mass is 10.1. The number of rotatable bonds is 3. The molecule has 0 bridgehead atoms. The van der Waals surface area contributed by atoms with Crippen LogP contribution in [0.2, 0.25) is 0 Å². The summed E-state index contributed by atoms with van der Waals surface area (Å²) in [5, 5.41) is 3.44. The van der Waals surface area contributed by atoms with Crippen molar-refractivity contribution in [2.45, 2.75) is 25.3 Å². The summed E-state index contributed by atoms with van der Waals surface area (Å²) in [7, 11) is 1.35. The van der Waals surface area contributed by atoms with Crippen molar-refractivity contribution in [1.29, 1.82) is 0 Å². The van der Waals surface area contributed by atoms with Crippen molar-refractivity contribution in [3.63, 3.8) is 0 Å². The van der Waals surface area contributed by atoms with Crippen molar-refractivity contribution < 1.29 is 9.53 Å². The molecule has 1 saturated heterocycles. The molecule has 3 N–H and O–H groups in total. The van der Waals surface area contributed by atoms with Gasteiger partial charge < -0.3 is 20.2 Å². The Kier molecular flexibility index (Phi) is 3.31. The summed E-state index contributed by atoms with van der Waals surface area (Å²) in [6.07, 6.45) is 4.97. The van der Waals surface area contributed by atoms with Crippen LogP contribution in [0.5, 0.6) is 0 Å². The van der Waals surface area contributed by atoms with Gasteiger partial charge in [-0.05, 0) is 31.5 Å². The van der Waals surface area contributed by atoms with E-state index in [4.69, 9.17) is 10.5 Å². The summed E-state index contributed by atoms with van der Waals surface area (Å²) < 4.78 is 6.69. The van der Waals surface area contributed by atoms with Gasteiger partial charge in [-0.25, -0.2) is 9.78 Å². The number of aromatic nitrogens is 2. The molecule has 20 heavy (non-hydrogen) atoms. The summed E-state index contributed by atoms with van der Waals surface area (Å²) in [5.74, 6) is 0.387. The monoisotopic (exact) mass is 274 g/mol. The van der Waals surface area contributed by atoms with E-state index in [1.165, 1.54) is 13.5 Å². The first-order chi connectivity index (χ1) is 9.70. The first-order valence-electron chi connectivity index (χ1n) is 6.78. The third-order valence-electron chi connectivity index (χ3n) is 3.74. The van der Waals surface area contributed by atoms with Gasteiger partial charge in [0, 0.05) is 18.7 Å². The van der Waals surface area contributed by atoms with Gasteiger partial charge in [-0.2, -0.15) is 0 Å². The highest BCUT2D eigenvalue weighted by atomic mass is 16.5. The third-order valence-corrected chi connectivity index (χ3v) is 3.74. The lowest BCUT2D eigenvalue weighted by Gasteiger charge is -2.09. The van der Waals surface area contributed by atoms with Gasteiger partial charge in [-0.1, -0.05) is 0 Å². The van der Waals surface area contributed by atoms with E-state index >= 15 is 0 Å². The van der Waals surface area contributed by atoms with Crippen LogP contribution in [0.4, 0.5) is 5.69 Å². The van der Waals surface area contributed by atoms with E-state index in [9.17, 15) is 4.79 Å². The van der Waals surface area contributed by atoms with Crippen molar-refractivity contribution in [1.82, 2.24) is 14.7 Å². The molecule has 1 atom stereocenters. The minimum Gasteiger partial charge on any atom is -0.464 e. The Balaban J connectivity index is 2.07. The smallest absolute Gasteiger partial charge is 0.359 e. The molecule has 0 saturated carbocycles. The van der Waals surface area contributed by atoms with Crippen LogP contribution in [-0.2, 0) is 11.2 Å². The zero-order valence-corrected chi connectivity index (χ0v) is 11.4. The topological polar surface area (TPSA) is 81.6 Å². The number of hydrogen-bond acceptors (Lipinski definition) is 5. The van der Waals surface area contributed by atoms with Gasteiger partial charge in [0.1, 0.15) is 11.3 Å². The first kappa shape index (κ1) is 12.9. The van der Waals surface area contributed by atoms with E-state index in [0.717, 1.165) is 25.2 Å². The molecule has 0 spiro atoms. The summed E-state index contributed by atoms with van der Waals surface area (Å²) >= 11 is 0. The van der Waals surface area contributed by atoms with Crippen LogP contribution in [0.15, 0.2) is 18.3 Å². The zero-order chi connectivity index (χ0) is 14.1. The molecule has 2 aromatic heterocycles. The fraction of sp³-hybridized carbons (Fsp3) is 0.429. The molecule has 2 aromatic rings. The van der Waals surface area contributed by atoms with Crippen LogP contribution in [-0.4, -0.2) is 35.1 Å². The van der Waals surface area contributed by atoms with Crippen LogP contribution in [0, 0.1) is 0 Å². The van der Waals surface area contributed by atoms with E-state index in [1.807, 2.05) is 16.7 Å². The van der Waals surface area contributed by atoms with E-state index < -0.39 is 5.97 Å². The van der Waals surface area contributed by atoms with Crippen molar-refractivity contribution in [3.8, 4) is 0 Å². The molecule has 1 unspecified atom stereocenters. The molecule has 1 aliphatic rings. The number of esters is 1. The number of carbonyl (C=O) groups excluding carboxylic acids is 1. The molecule has 106 valence electrons. The molecule has 0 radical (unpaired) electrons. The zero-order valence-electron chi connectivity index (χ0n) is 11.4. The number of methoxy groups -OCH3 is 1. The van der Waals surface area contributed by atoms with Crippen molar-refractivity contribution in [2.24, 2.45) is 0 Å². The number of ether oxygens (including phenoxy) is 1. The van der Waals surface area contributed by atoms with Crippen molar-refractivity contribution in [2.75, 3.05) is 19.4 Å². The average Bonchev–Trinajstić information content (AvgIpc) is 3.08. The highest BCUT2D eigenvalue weighted by molar-refractivity contribution is 5.98. The Morgan fingerprint density at radius 3 is 3.20 bits per heavy atom. The molecule has 1 aliphatic heterocycles. The van der Waals surface area contributed by atoms with Gasteiger partial charge in [0.25, 0.3) is 0 Å². The Morgan fingerprint density at radius 1 is 1.65 bits per heavy atom. The second-order valence-electron chi connectivity index (χ2n) is 5.05. The maximum absolute atomic E-state index is 11.9. The Hall–Kier alpha value is -2.08. The molecule has 3 rings (SSSR count). The number of nitrogens with two attached hydrogens (primary N) is 1. The normalized spacial score (nSPS) is 18.6. The lowest BCUT2D eigenvalue weighted by molar-refractivity contribution is 0.0597. The SMILES string of the molecule is COC(=O)c1nc(CC2CCCN2)n2cccc(N)c12. The number of nitrogen functional groups attached to an aromatic ring is 1. The minimum absolute atomic E-state index is 0.290. The number of nitrogens with one attached hydrogen (secondary N) is 1. The highest BCUT2D eigenvalue weighted by Crippen LogP contribution is 2.22. The Labute approximate surface area is 116 Å². The quantitative estimate of drug-likeness (QED) is 0.816. The number of pyridine rings is 1. The van der Waals surface area contributed by atoms with E-state index in [-0.39, 0.29) is 0 Å². The predicted molar refractivity (Wildman–Crippen MR) is 75.7 cm³/mol. The second-order valence-corrected chi connectivity index (χ2v) is 5.05. The number of nitrogens with zero attached hydrogens (tertiary/aromatic N) is 2. The maximum atomic E-state index is 11.9. The van der Waals surface area contributed by atoms with E-state index in [2.05, 4.69) is 10.3 Å². The van der Waals surface area contributed by atoms with Gasteiger partial charge >= 0.3 is 5.97 Å². The molecule has 0 aromatic carbocycles. The third kappa shape index (κ3) is 2.12. The van der Waals surface area contributed by atoms with Crippen molar-refractivity contribution in [3.05, 3.63) is 29.8 Å². The van der Waals surface area contributed by atoms with Gasteiger partial charge in [-0.15, -0.1) is 0 Å². The predicted octanol–water partition coefficient (Wildman–Crippen LogP) is 0.998. The van der Waals surface area contributed by atoms with E-state index in [1.54, 1.807) is 6.07 Å². The van der Waals surface area contributed by atoms with Crippen LogP contribution in [0.1, 0.15) is 29.2 Å². The summed E-state index contributed by atoms with van der Waals surface area (Å²) in [6.45, 7) is 1.04. The number of anilines is 1. The first-order valence-corrected chi connectivity index (χ1v) is 6.78. The second kappa shape index (κ2) is 5.13. The molecular formula is C14H18N4O2. The molecule has 0 amide bonds. The molecular weight excluding hydrogens is 256 g/mol. The van der Waals surface area contributed by atoms with E-state index in [0.29, 0.717) is 22.9 Å². The standard InChI is InChI=1S/C14H18N4O2/c1-20-14(19)12-13-10(15)5-3-7-18(13)11(17-12)8-9-4-2-6-16-9/h3,5,7,9,16H,2,4,6,8,15H2,1H3. The molecule has 6 heteroatoms. The van der Waals surface area contributed by atoms with Gasteiger partial charge in [0.2, 0.25) is 0 Å². The average molecular weight is 274 g/mol. The molecule has 3 heterocycles. The van der Waals surface area contributed by atoms with Gasteiger partial charge in [0.15, 0.2) is 5.69 Å². The van der Waals surface area contributed by atoms with Gasteiger partial charge in [-0.3, -0.25) is 0 Å². The summed E-state index contributed by atoms with van der Waals surface area (Å²) in [4.78, 5) is 16.3. The largest absolute Gasteiger partial charge is 0.464 e. The molecule has 6 nitrogen and oxygen atoms in total. The van der Waals surface area contributed by atoms with Crippen molar-refractivity contribution >= 4 is 17.2 Å². The molecule has 1 fully saturated rings.